The highest BCUT2D eigenvalue weighted by Gasteiger charge is 2.34. The molecular formula is C25H25F3N4O2. The number of aromatic nitrogens is 2. The first kappa shape index (κ1) is 23.5. The van der Waals surface area contributed by atoms with Gasteiger partial charge in [-0.3, -0.25) is 4.79 Å². The SMILES string of the molecule is Cc1ccc(-c2ccc(N3CCN(C(=O)COc4ccccc4C(F)(F)F)CC3)nn2)c(C)c1. The number of hydrogen-bond donors (Lipinski definition) is 0. The summed E-state index contributed by atoms with van der Waals surface area (Å²) in [5.41, 5.74) is 3.26. The highest BCUT2D eigenvalue weighted by Crippen LogP contribution is 2.35. The number of para-hydroxylation sites is 1. The number of amides is 1. The van der Waals surface area contributed by atoms with Gasteiger partial charge in [-0.25, -0.2) is 0 Å². The van der Waals surface area contributed by atoms with Crippen molar-refractivity contribution >= 4 is 11.7 Å². The van der Waals surface area contributed by atoms with Gasteiger partial charge in [0.05, 0.1) is 11.3 Å². The van der Waals surface area contributed by atoms with Crippen LogP contribution in [-0.2, 0) is 11.0 Å². The molecule has 0 atom stereocenters. The van der Waals surface area contributed by atoms with Gasteiger partial charge in [0.25, 0.3) is 5.91 Å². The maximum Gasteiger partial charge on any atom is 0.419 e. The first-order chi connectivity index (χ1) is 16.2. The molecule has 0 N–H and O–H groups in total. The van der Waals surface area contributed by atoms with Gasteiger partial charge in [-0.15, -0.1) is 10.2 Å². The quantitative estimate of drug-likeness (QED) is 0.549. The number of benzene rings is 2. The molecule has 178 valence electrons. The third-order valence-corrected chi connectivity index (χ3v) is 5.81. The average Bonchev–Trinajstić information content (AvgIpc) is 2.82. The molecule has 34 heavy (non-hydrogen) atoms. The van der Waals surface area contributed by atoms with Crippen molar-refractivity contribution in [2.45, 2.75) is 20.0 Å². The fourth-order valence-corrected chi connectivity index (χ4v) is 3.98. The van der Waals surface area contributed by atoms with E-state index in [0.717, 1.165) is 28.7 Å². The van der Waals surface area contributed by atoms with E-state index in [1.54, 1.807) is 4.90 Å². The normalized spacial score (nSPS) is 14.3. The fourth-order valence-electron chi connectivity index (χ4n) is 3.98. The molecule has 1 fully saturated rings. The summed E-state index contributed by atoms with van der Waals surface area (Å²) in [6, 6.07) is 14.9. The predicted octanol–water partition coefficient (Wildman–Crippen LogP) is 4.51. The summed E-state index contributed by atoms with van der Waals surface area (Å²) in [6.07, 6.45) is -4.54. The molecule has 1 aliphatic rings. The topological polar surface area (TPSA) is 58.6 Å². The summed E-state index contributed by atoms with van der Waals surface area (Å²) in [6.45, 7) is 5.57. The van der Waals surface area contributed by atoms with Crippen LogP contribution in [0.5, 0.6) is 5.75 Å². The van der Waals surface area contributed by atoms with E-state index in [-0.39, 0.29) is 11.7 Å². The van der Waals surface area contributed by atoms with Crippen LogP contribution >= 0.6 is 0 Å². The predicted molar refractivity (Wildman–Crippen MR) is 123 cm³/mol. The van der Waals surface area contributed by atoms with Crippen LogP contribution < -0.4 is 9.64 Å². The summed E-state index contributed by atoms with van der Waals surface area (Å²) in [5, 5.41) is 8.74. The van der Waals surface area contributed by atoms with Gasteiger partial charge in [-0.1, -0.05) is 35.9 Å². The number of nitrogens with zero attached hydrogens (tertiary/aromatic N) is 4. The Morgan fingerprint density at radius 3 is 2.35 bits per heavy atom. The summed E-state index contributed by atoms with van der Waals surface area (Å²) in [5.74, 6) is 0.0186. The molecule has 0 saturated carbocycles. The lowest BCUT2D eigenvalue weighted by Gasteiger charge is -2.35. The molecule has 0 unspecified atom stereocenters. The van der Waals surface area contributed by atoms with Crippen molar-refractivity contribution in [3.8, 4) is 17.0 Å². The number of ether oxygens (including phenoxy) is 1. The van der Waals surface area contributed by atoms with Crippen molar-refractivity contribution in [3.63, 3.8) is 0 Å². The molecule has 1 amide bonds. The van der Waals surface area contributed by atoms with E-state index in [1.165, 1.54) is 23.8 Å². The number of halogens is 3. The molecular weight excluding hydrogens is 445 g/mol. The largest absolute Gasteiger partial charge is 0.483 e. The molecule has 1 aliphatic heterocycles. The zero-order chi connectivity index (χ0) is 24.3. The Hall–Kier alpha value is -3.62. The number of carbonyl (C=O) groups is 1. The summed E-state index contributed by atoms with van der Waals surface area (Å²) in [7, 11) is 0. The van der Waals surface area contributed by atoms with Crippen molar-refractivity contribution in [1.82, 2.24) is 15.1 Å². The minimum atomic E-state index is -4.54. The Kier molecular flexibility index (Phi) is 6.72. The van der Waals surface area contributed by atoms with Crippen LogP contribution in [0.4, 0.5) is 19.0 Å². The van der Waals surface area contributed by atoms with Crippen molar-refractivity contribution in [3.05, 3.63) is 71.3 Å². The number of alkyl halides is 3. The molecule has 1 aromatic heterocycles. The Morgan fingerprint density at radius 2 is 1.71 bits per heavy atom. The molecule has 9 heteroatoms. The van der Waals surface area contributed by atoms with Crippen LogP contribution in [-0.4, -0.2) is 53.8 Å². The van der Waals surface area contributed by atoms with Crippen LogP contribution in [0.15, 0.2) is 54.6 Å². The number of rotatable bonds is 5. The standard InChI is InChI=1S/C25H25F3N4O2/c1-17-7-8-19(18(2)15-17)21-9-10-23(30-29-21)31-11-13-32(14-12-31)24(33)16-34-22-6-4-3-5-20(22)25(26,27)28/h3-10,15H,11-14,16H2,1-2H3. The van der Waals surface area contributed by atoms with Gasteiger partial charge in [0.2, 0.25) is 0 Å². The van der Waals surface area contributed by atoms with Gasteiger partial charge in [0.1, 0.15) is 5.75 Å². The van der Waals surface area contributed by atoms with Gasteiger partial charge in [-0.05, 0) is 43.7 Å². The van der Waals surface area contributed by atoms with Crippen LogP contribution in [0, 0.1) is 13.8 Å². The maximum atomic E-state index is 13.1. The molecule has 0 radical (unpaired) electrons. The number of carbonyl (C=O) groups excluding carboxylic acids is 1. The molecule has 3 aromatic rings. The Morgan fingerprint density at radius 1 is 0.971 bits per heavy atom. The van der Waals surface area contributed by atoms with Crippen LogP contribution in [0.1, 0.15) is 16.7 Å². The van der Waals surface area contributed by atoms with E-state index in [1.807, 2.05) is 43.0 Å². The number of piperazine rings is 1. The zero-order valence-corrected chi connectivity index (χ0v) is 19.0. The lowest BCUT2D eigenvalue weighted by atomic mass is 10.0. The van der Waals surface area contributed by atoms with Crippen LogP contribution in [0.2, 0.25) is 0 Å². The third-order valence-electron chi connectivity index (χ3n) is 5.81. The van der Waals surface area contributed by atoms with E-state index in [9.17, 15) is 18.0 Å². The van der Waals surface area contributed by atoms with E-state index < -0.39 is 18.3 Å². The van der Waals surface area contributed by atoms with Gasteiger partial charge >= 0.3 is 6.18 Å². The van der Waals surface area contributed by atoms with Crippen LogP contribution in [0.3, 0.4) is 0 Å². The van der Waals surface area contributed by atoms with Crippen molar-refractivity contribution in [1.29, 1.82) is 0 Å². The van der Waals surface area contributed by atoms with Gasteiger partial charge in [0.15, 0.2) is 12.4 Å². The van der Waals surface area contributed by atoms with Gasteiger partial charge in [0, 0.05) is 31.7 Å². The Bertz CT molecular complexity index is 1160. The Labute approximate surface area is 196 Å². The maximum absolute atomic E-state index is 13.1. The van der Waals surface area contributed by atoms with Crippen molar-refractivity contribution < 1.29 is 22.7 Å². The van der Waals surface area contributed by atoms with E-state index in [0.29, 0.717) is 26.2 Å². The minimum absolute atomic E-state index is 0.346. The third kappa shape index (κ3) is 5.30. The highest BCUT2D eigenvalue weighted by molar-refractivity contribution is 5.78. The zero-order valence-electron chi connectivity index (χ0n) is 19.0. The first-order valence-electron chi connectivity index (χ1n) is 11.0. The second-order valence-corrected chi connectivity index (χ2v) is 8.25. The lowest BCUT2D eigenvalue weighted by molar-refractivity contribution is -0.141. The van der Waals surface area contributed by atoms with Gasteiger partial charge < -0.3 is 14.5 Å². The molecule has 0 spiro atoms. The Balaban J connectivity index is 1.32. The van der Waals surface area contributed by atoms with Crippen molar-refractivity contribution in [2.75, 3.05) is 37.7 Å². The number of hydrogen-bond acceptors (Lipinski definition) is 5. The highest BCUT2D eigenvalue weighted by atomic mass is 19.4. The molecule has 1 saturated heterocycles. The van der Waals surface area contributed by atoms with Crippen molar-refractivity contribution in [2.24, 2.45) is 0 Å². The molecule has 6 nitrogen and oxygen atoms in total. The summed E-state index contributed by atoms with van der Waals surface area (Å²) < 4.78 is 44.5. The molecule has 0 aliphatic carbocycles. The van der Waals surface area contributed by atoms with Gasteiger partial charge in [-0.2, -0.15) is 13.2 Å². The monoisotopic (exact) mass is 470 g/mol. The number of anilines is 1. The lowest BCUT2D eigenvalue weighted by Crippen LogP contribution is -2.50. The fraction of sp³-hybridized carbons (Fsp3) is 0.320. The van der Waals surface area contributed by atoms with Crippen LogP contribution in [0.25, 0.3) is 11.3 Å². The number of aryl methyl sites for hydroxylation is 2. The smallest absolute Gasteiger partial charge is 0.419 e. The second-order valence-electron chi connectivity index (χ2n) is 8.25. The minimum Gasteiger partial charge on any atom is -0.483 e. The molecule has 2 aromatic carbocycles. The molecule has 4 rings (SSSR count). The van der Waals surface area contributed by atoms with E-state index in [2.05, 4.69) is 16.3 Å². The first-order valence-corrected chi connectivity index (χ1v) is 11.0. The van der Waals surface area contributed by atoms with E-state index >= 15 is 0 Å². The average molecular weight is 470 g/mol. The second kappa shape index (κ2) is 9.70. The summed E-state index contributed by atoms with van der Waals surface area (Å²) >= 11 is 0. The molecule has 0 bridgehead atoms. The summed E-state index contributed by atoms with van der Waals surface area (Å²) in [4.78, 5) is 16.1. The molecule has 2 heterocycles. The van der Waals surface area contributed by atoms with E-state index in [4.69, 9.17) is 4.74 Å².